The lowest BCUT2D eigenvalue weighted by molar-refractivity contribution is 0.0353. The number of rotatable bonds is 5. The van der Waals surface area contributed by atoms with Crippen LogP contribution < -0.4 is 0 Å². The van der Waals surface area contributed by atoms with Crippen molar-refractivity contribution in [3.8, 4) is 0 Å². The van der Waals surface area contributed by atoms with Crippen LogP contribution >= 0.6 is 0 Å². The lowest BCUT2D eigenvalue weighted by Gasteiger charge is -2.39. The van der Waals surface area contributed by atoms with Crippen LogP contribution in [-0.4, -0.2) is 39.9 Å². The standard InChI is InChI=1S/C14H25N3O2/c1-4-14(10-18)5-7-17(8-6-14)9-12-15-16-13(19-12)11(2)3/h11,18H,4-10H2,1-3H3. The van der Waals surface area contributed by atoms with E-state index in [1.165, 1.54) is 0 Å². The number of nitrogens with zero attached hydrogens (tertiary/aromatic N) is 3. The molecule has 1 aliphatic heterocycles. The Labute approximate surface area is 115 Å². The average Bonchev–Trinajstić information content (AvgIpc) is 2.89. The Kier molecular flexibility index (Phi) is 4.58. The molecule has 5 heteroatoms. The third kappa shape index (κ3) is 3.34. The first kappa shape index (κ1) is 14.5. The van der Waals surface area contributed by atoms with Crippen molar-refractivity contribution in [2.45, 2.75) is 52.5 Å². The van der Waals surface area contributed by atoms with Gasteiger partial charge in [-0.2, -0.15) is 0 Å². The summed E-state index contributed by atoms with van der Waals surface area (Å²) >= 11 is 0. The van der Waals surface area contributed by atoms with Crippen molar-refractivity contribution in [3.63, 3.8) is 0 Å². The first-order valence-electron chi connectivity index (χ1n) is 7.24. The van der Waals surface area contributed by atoms with Gasteiger partial charge in [0.15, 0.2) is 0 Å². The first-order valence-corrected chi connectivity index (χ1v) is 7.24. The monoisotopic (exact) mass is 267 g/mol. The van der Waals surface area contributed by atoms with Gasteiger partial charge in [-0.15, -0.1) is 10.2 Å². The van der Waals surface area contributed by atoms with Crippen LogP contribution in [-0.2, 0) is 6.54 Å². The van der Waals surface area contributed by atoms with Crippen molar-refractivity contribution >= 4 is 0 Å². The van der Waals surface area contributed by atoms with E-state index < -0.39 is 0 Å². The van der Waals surface area contributed by atoms with Crippen LogP contribution in [0.1, 0.15) is 57.7 Å². The van der Waals surface area contributed by atoms with Gasteiger partial charge in [0.25, 0.3) is 0 Å². The summed E-state index contributed by atoms with van der Waals surface area (Å²) in [5.74, 6) is 1.70. The number of aromatic nitrogens is 2. The fourth-order valence-electron chi connectivity index (χ4n) is 2.56. The van der Waals surface area contributed by atoms with Crippen LogP contribution in [0.4, 0.5) is 0 Å². The molecule has 0 radical (unpaired) electrons. The van der Waals surface area contributed by atoms with Gasteiger partial charge in [0.05, 0.1) is 6.54 Å². The summed E-state index contributed by atoms with van der Waals surface area (Å²) in [6, 6.07) is 0. The summed E-state index contributed by atoms with van der Waals surface area (Å²) in [5, 5.41) is 17.7. The number of hydrogen-bond donors (Lipinski definition) is 1. The second kappa shape index (κ2) is 6.01. The van der Waals surface area contributed by atoms with Gasteiger partial charge in [0.1, 0.15) is 0 Å². The molecule has 0 amide bonds. The average molecular weight is 267 g/mol. The van der Waals surface area contributed by atoms with Crippen molar-refractivity contribution in [3.05, 3.63) is 11.8 Å². The quantitative estimate of drug-likeness (QED) is 0.886. The van der Waals surface area contributed by atoms with Gasteiger partial charge in [-0.3, -0.25) is 4.90 Å². The van der Waals surface area contributed by atoms with Gasteiger partial charge in [-0.25, -0.2) is 0 Å². The molecular weight excluding hydrogens is 242 g/mol. The molecule has 0 bridgehead atoms. The molecule has 0 atom stereocenters. The molecular formula is C14H25N3O2. The number of aliphatic hydroxyl groups excluding tert-OH is 1. The summed E-state index contributed by atoms with van der Waals surface area (Å²) in [5.41, 5.74) is 0.133. The first-order chi connectivity index (χ1) is 9.08. The molecule has 1 saturated heterocycles. The molecule has 1 aromatic heterocycles. The number of aliphatic hydroxyl groups is 1. The topological polar surface area (TPSA) is 62.4 Å². The van der Waals surface area contributed by atoms with Gasteiger partial charge >= 0.3 is 0 Å². The Bertz CT molecular complexity index is 389. The molecule has 1 aromatic rings. The third-order valence-electron chi connectivity index (χ3n) is 4.34. The molecule has 2 rings (SSSR count). The molecule has 1 aliphatic rings. The minimum absolute atomic E-state index is 0.133. The second-order valence-electron chi connectivity index (χ2n) is 5.98. The molecule has 2 heterocycles. The highest BCUT2D eigenvalue weighted by molar-refractivity contribution is 4.89. The number of likely N-dealkylation sites (tertiary alicyclic amines) is 1. The molecule has 19 heavy (non-hydrogen) atoms. The van der Waals surface area contributed by atoms with E-state index in [0.29, 0.717) is 18.4 Å². The Morgan fingerprint density at radius 2 is 2.00 bits per heavy atom. The summed E-state index contributed by atoms with van der Waals surface area (Å²) < 4.78 is 5.64. The molecule has 0 aliphatic carbocycles. The van der Waals surface area contributed by atoms with Crippen molar-refractivity contribution in [2.24, 2.45) is 5.41 Å². The van der Waals surface area contributed by atoms with Crippen LogP contribution in [0, 0.1) is 5.41 Å². The van der Waals surface area contributed by atoms with Crippen molar-refractivity contribution in [1.29, 1.82) is 0 Å². The van der Waals surface area contributed by atoms with Gasteiger partial charge in [-0.1, -0.05) is 20.8 Å². The number of hydrogen-bond acceptors (Lipinski definition) is 5. The summed E-state index contributed by atoms with van der Waals surface area (Å²) in [7, 11) is 0. The predicted octanol–water partition coefficient (Wildman–Crippen LogP) is 2.18. The van der Waals surface area contributed by atoms with Crippen LogP contribution in [0.3, 0.4) is 0 Å². The minimum atomic E-state index is 0.133. The van der Waals surface area contributed by atoms with Gasteiger partial charge in [-0.05, 0) is 37.8 Å². The Balaban J connectivity index is 1.88. The van der Waals surface area contributed by atoms with Gasteiger partial charge in [0.2, 0.25) is 11.8 Å². The lowest BCUT2D eigenvalue weighted by atomic mass is 9.77. The normalized spacial score (nSPS) is 20.1. The maximum absolute atomic E-state index is 9.52. The van der Waals surface area contributed by atoms with Crippen molar-refractivity contribution in [1.82, 2.24) is 15.1 Å². The second-order valence-corrected chi connectivity index (χ2v) is 5.98. The highest BCUT2D eigenvalue weighted by atomic mass is 16.4. The smallest absolute Gasteiger partial charge is 0.230 e. The zero-order valence-corrected chi connectivity index (χ0v) is 12.2. The largest absolute Gasteiger partial charge is 0.424 e. The van der Waals surface area contributed by atoms with E-state index in [2.05, 4.69) is 35.9 Å². The molecule has 1 fully saturated rings. The minimum Gasteiger partial charge on any atom is -0.424 e. The maximum atomic E-state index is 9.52. The van der Waals surface area contributed by atoms with E-state index >= 15 is 0 Å². The highest BCUT2D eigenvalue weighted by Crippen LogP contribution is 2.34. The van der Waals surface area contributed by atoms with Crippen LogP contribution in [0.25, 0.3) is 0 Å². The zero-order chi connectivity index (χ0) is 13.9. The summed E-state index contributed by atoms with van der Waals surface area (Å²) in [4.78, 5) is 2.33. The van der Waals surface area contributed by atoms with E-state index in [1.807, 2.05) is 0 Å². The Morgan fingerprint density at radius 3 is 2.47 bits per heavy atom. The fraction of sp³-hybridized carbons (Fsp3) is 0.857. The van der Waals surface area contributed by atoms with Crippen LogP contribution in [0.2, 0.25) is 0 Å². The third-order valence-corrected chi connectivity index (χ3v) is 4.34. The molecule has 0 spiro atoms. The van der Waals surface area contributed by atoms with Gasteiger partial charge < -0.3 is 9.52 Å². The molecule has 108 valence electrons. The lowest BCUT2D eigenvalue weighted by Crippen LogP contribution is -2.41. The Hall–Kier alpha value is -0.940. The summed E-state index contributed by atoms with van der Waals surface area (Å²) in [6.07, 6.45) is 3.14. The van der Waals surface area contributed by atoms with E-state index in [-0.39, 0.29) is 11.3 Å². The Morgan fingerprint density at radius 1 is 1.32 bits per heavy atom. The van der Waals surface area contributed by atoms with E-state index in [0.717, 1.165) is 38.9 Å². The van der Waals surface area contributed by atoms with Crippen molar-refractivity contribution in [2.75, 3.05) is 19.7 Å². The van der Waals surface area contributed by atoms with E-state index in [9.17, 15) is 5.11 Å². The number of piperidine rings is 1. The van der Waals surface area contributed by atoms with Crippen molar-refractivity contribution < 1.29 is 9.52 Å². The molecule has 0 unspecified atom stereocenters. The molecule has 5 nitrogen and oxygen atoms in total. The SMILES string of the molecule is CCC1(CO)CCN(Cc2nnc(C(C)C)o2)CC1. The zero-order valence-electron chi connectivity index (χ0n) is 12.2. The molecule has 0 saturated carbocycles. The molecule has 1 N–H and O–H groups in total. The highest BCUT2D eigenvalue weighted by Gasteiger charge is 2.32. The van der Waals surface area contributed by atoms with Gasteiger partial charge in [0, 0.05) is 12.5 Å². The maximum Gasteiger partial charge on any atom is 0.230 e. The molecule has 0 aromatic carbocycles. The van der Waals surface area contributed by atoms with Crippen LogP contribution in [0.15, 0.2) is 4.42 Å². The summed E-state index contributed by atoms with van der Waals surface area (Å²) in [6.45, 7) is 9.28. The van der Waals surface area contributed by atoms with E-state index in [1.54, 1.807) is 0 Å². The predicted molar refractivity (Wildman–Crippen MR) is 72.7 cm³/mol. The van der Waals surface area contributed by atoms with E-state index in [4.69, 9.17) is 4.42 Å². The van der Waals surface area contributed by atoms with Crippen LogP contribution in [0.5, 0.6) is 0 Å². The fourth-order valence-corrected chi connectivity index (χ4v) is 2.56.